The summed E-state index contributed by atoms with van der Waals surface area (Å²) in [4.78, 5) is 0. The van der Waals surface area contributed by atoms with Crippen molar-refractivity contribution in [2.75, 3.05) is 19.8 Å². The van der Waals surface area contributed by atoms with Crippen LogP contribution in [0.3, 0.4) is 0 Å². The molecule has 222 valence electrons. The third-order valence-electron chi connectivity index (χ3n) is 9.17. The molecule has 0 aromatic heterocycles. The van der Waals surface area contributed by atoms with Crippen molar-refractivity contribution in [1.29, 1.82) is 0 Å². The second-order valence-corrected chi connectivity index (χ2v) is 18.5. The average Bonchev–Trinajstić information content (AvgIpc) is 3.26. The van der Waals surface area contributed by atoms with Crippen LogP contribution >= 0.6 is 0 Å². The van der Waals surface area contributed by atoms with Gasteiger partial charge in [0.05, 0.1) is 39.1 Å². The summed E-state index contributed by atoms with van der Waals surface area (Å²) in [6, 6.07) is 32.2. The molecule has 0 amide bonds. The molecule has 3 aromatic carbocycles. The predicted molar refractivity (Wildman–Crippen MR) is 172 cm³/mol. The zero-order valence-corrected chi connectivity index (χ0v) is 27.1. The summed E-state index contributed by atoms with van der Waals surface area (Å²) < 4.78 is 19.6. The fourth-order valence-electron chi connectivity index (χ4n) is 5.69. The molecule has 0 radical (unpaired) electrons. The van der Waals surface area contributed by atoms with Crippen molar-refractivity contribution < 1.29 is 13.9 Å². The molecule has 3 atom stereocenters. The molecule has 1 aliphatic rings. The van der Waals surface area contributed by atoms with E-state index in [1.807, 2.05) is 0 Å². The highest BCUT2D eigenvalue weighted by Gasteiger charge is 2.45. The fourth-order valence-corrected chi connectivity index (χ4v) is 6.70. The number of benzene rings is 3. The molecule has 0 heterocycles. The lowest BCUT2D eigenvalue weighted by atomic mass is 9.87. The third kappa shape index (κ3) is 9.10. The van der Waals surface area contributed by atoms with Crippen LogP contribution in [0.4, 0.5) is 0 Å². The molecule has 0 spiro atoms. The standard InChI is InChI=1S/C36H51NO3Si/c1-29-22-36(27-38-24-30-16-10-7-11-17-30,28-39-25-31-18-12-8-13-19-31)23-33(29)37-34(32-20-14-9-15-21-32)26-40-41(5,6)35(2,3)4/h7-21,29,33-34,37H,22-28H2,1-6H3/t29-,33-,34+/m0/s1. The molecule has 1 saturated carbocycles. The highest BCUT2D eigenvalue weighted by Crippen LogP contribution is 2.44. The van der Waals surface area contributed by atoms with Crippen LogP contribution in [0.2, 0.25) is 18.1 Å². The van der Waals surface area contributed by atoms with E-state index in [1.165, 1.54) is 16.7 Å². The summed E-state index contributed by atoms with van der Waals surface area (Å²) in [6.45, 7) is 17.3. The van der Waals surface area contributed by atoms with E-state index in [0.29, 0.717) is 45.0 Å². The Morgan fingerprint density at radius 3 is 1.76 bits per heavy atom. The van der Waals surface area contributed by atoms with E-state index >= 15 is 0 Å². The molecular formula is C36H51NO3Si. The van der Waals surface area contributed by atoms with Crippen molar-refractivity contribution >= 4 is 8.32 Å². The Bertz CT molecular complexity index is 1120. The summed E-state index contributed by atoms with van der Waals surface area (Å²) in [5.41, 5.74) is 3.67. The Morgan fingerprint density at radius 2 is 1.27 bits per heavy atom. The lowest BCUT2D eigenvalue weighted by Crippen LogP contribution is -2.44. The Kier molecular flexibility index (Phi) is 11.0. The van der Waals surface area contributed by atoms with Gasteiger partial charge in [-0.25, -0.2) is 0 Å². The van der Waals surface area contributed by atoms with Crippen molar-refractivity contribution in [2.24, 2.45) is 11.3 Å². The summed E-state index contributed by atoms with van der Waals surface area (Å²) >= 11 is 0. The number of hydrogen-bond acceptors (Lipinski definition) is 4. The first kappa shape index (κ1) is 31.6. The van der Waals surface area contributed by atoms with Gasteiger partial charge in [-0.2, -0.15) is 0 Å². The van der Waals surface area contributed by atoms with Crippen molar-refractivity contribution in [3.8, 4) is 0 Å². The summed E-state index contributed by atoms with van der Waals surface area (Å²) in [6.07, 6.45) is 2.08. The van der Waals surface area contributed by atoms with Crippen LogP contribution in [-0.4, -0.2) is 34.2 Å². The molecule has 0 aliphatic heterocycles. The number of nitrogens with one attached hydrogen (secondary N) is 1. The Labute approximate surface area is 250 Å². The van der Waals surface area contributed by atoms with E-state index in [9.17, 15) is 0 Å². The van der Waals surface area contributed by atoms with Gasteiger partial charge in [0, 0.05) is 11.5 Å². The minimum Gasteiger partial charge on any atom is -0.415 e. The topological polar surface area (TPSA) is 39.7 Å². The molecule has 0 unspecified atom stereocenters. The van der Waals surface area contributed by atoms with Crippen LogP contribution in [0.15, 0.2) is 91.0 Å². The van der Waals surface area contributed by atoms with E-state index in [1.54, 1.807) is 0 Å². The zero-order chi connectivity index (χ0) is 29.3. The highest BCUT2D eigenvalue weighted by molar-refractivity contribution is 6.74. The molecule has 5 heteroatoms. The maximum atomic E-state index is 6.76. The van der Waals surface area contributed by atoms with Gasteiger partial charge in [-0.15, -0.1) is 0 Å². The van der Waals surface area contributed by atoms with Crippen LogP contribution < -0.4 is 5.32 Å². The summed E-state index contributed by atoms with van der Waals surface area (Å²) in [5.74, 6) is 0.495. The van der Waals surface area contributed by atoms with Crippen molar-refractivity contribution in [3.05, 3.63) is 108 Å². The van der Waals surface area contributed by atoms with Gasteiger partial charge >= 0.3 is 0 Å². The van der Waals surface area contributed by atoms with Gasteiger partial charge in [-0.3, -0.25) is 0 Å². The lowest BCUT2D eigenvalue weighted by Gasteiger charge is -2.38. The van der Waals surface area contributed by atoms with Gasteiger partial charge in [0.2, 0.25) is 0 Å². The average molecular weight is 574 g/mol. The largest absolute Gasteiger partial charge is 0.415 e. The van der Waals surface area contributed by atoms with Gasteiger partial charge < -0.3 is 19.2 Å². The molecule has 0 bridgehead atoms. The van der Waals surface area contributed by atoms with Gasteiger partial charge in [0.1, 0.15) is 0 Å². The van der Waals surface area contributed by atoms with Crippen LogP contribution in [0, 0.1) is 11.3 Å². The Balaban J connectivity index is 1.47. The van der Waals surface area contributed by atoms with E-state index in [4.69, 9.17) is 13.9 Å². The molecular weight excluding hydrogens is 522 g/mol. The predicted octanol–water partition coefficient (Wildman–Crippen LogP) is 8.56. The van der Waals surface area contributed by atoms with Crippen molar-refractivity contribution in [1.82, 2.24) is 5.32 Å². The Hall–Kier alpha value is -2.28. The van der Waals surface area contributed by atoms with Crippen LogP contribution in [0.1, 0.15) is 63.3 Å². The summed E-state index contributed by atoms with van der Waals surface area (Å²) in [5, 5.41) is 4.24. The van der Waals surface area contributed by atoms with Gasteiger partial charge in [-0.05, 0) is 53.6 Å². The van der Waals surface area contributed by atoms with Crippen LogP contribution in [0.5, 0.6) is 0 Å². The molecule has 0 saturated heterocycles. The number of rotatable bonds is 14. The van der Waals surface area contributed by atoms with Crippen molar-refractivity contribution in [3.63, 3.8) is 0 Å². The monoisotopic (exact) mass is 573 g/mol. The van der Waals surface area contributed by atoms with E-state index < -0.39 is 8.32 Å². The highest BCUT2D eigenvalue weighted by atomic mass is 28.4. The van der Waals surface area contributed by atoms with Crippen LogP contribution in [-0.2, 0) is 27.1 Å². The second-order valence-electron chi connectivity index (χ2n) is 13.7. The SMILES string of the molecule is C[C@H]1CC(COCc2ccccc2)(COCc2ccccc2)C[C@@H]1N[C@H](CO[Si](C)(C)C(C)(C)C)c1ccccc1. The molecule has 4 nitrogen and oxygen atoms in total. The number of hydrogen-bond donors (Lipinski definition) is 1. The first-order valence-electron chi connectivity index (χ1n) is 15.3. The van der Waals surface area contributed by atoms with Crippen LogP contribution in [0.25, 0.3) is 0 Å². The van der Waals surface area contributed by atoms with E-state index in [0.717, 1.165) is 12.8 Å². The van der Waals surface area contributed by atoms with E-state index in [2.05, 4.69) is 137 Å². The number of ether oxygens (including phenoxy) is 2. The zero-order valence-electron chi connectivity index (χ0n) is 26.1. The molecule has 1 fully saturated rings. The maximum Gasteiger partial charge on any atom is 0.192 e. The first-order valence-corrected chi connectivity index (χ1v) is 18.2. The second kappa shape index (κ2) is 14.3. The first-order chi connectivity index (χ1) is 19.6. The van der Waals surface area contributed by atoms with Gasteiger partial charge in [0.15, 0.2) is 8.32 Å². The molecule has 3 aromatic rings. The maximum absolute atomic E-state index is 6.76. The van der Waals surface area contributed by atoms with Gasteiger partial charge in [0.25, 0.3) is 0 Å². The minimum atomic E-state index is -1.88. The summed E-state index contributed by atoms with van der Waals surface area (Å²) in [7, 11) is -1.88. The molecule has 1 aliphatic carbocycles. The third-order valence-corrected chi connectivity index (χ3v) is 13.7. The fraction of sp³-hybridized carbons (Fsp3) is 0.500. The van der Waals surface area contributed by atoms with E-state index in [-0.39, 0.29) is 16.5 Å². The molecule has 1 N–H and O–H groups in total. The molecule has 41 heavy (non-hydrogen) atoms. The van der Waals surface area contributed by atoms with Gasteiger partial charge in [-0.1, -0.05) is 119 Å². The molecule has 4 rings (SSSR count). The quantitative estimate of drug-likeness (QED) is 0.196. The normalized spacial score (nSPS) is 19.8. The Morgan fingerprint density at radius 1 is 0.780 bits per heavy atom. The smallest absolute Gasteiger partial charge is 0.192 e. The lowest BCUT2D eigenvalue weighted by molar-refractivity contribution is -0.0322. The van der Waals surface area contributed by atoms with Crippen molar-refractivity contribution in [2.45, 2.75) is 84.0 Å². The minimum absolute atomic E-state index is 0.0395.